The first-order valence-electron chi connectivity index (χ1n) is 24.5. The van der Waals surface area contributed by atoms with Crippen molar-refractivity contribution in [3.63, 3.8) is 0 Å². The van der Waals surface area contributed by atoms with Crippen LogP contribution in [0.5, 0.6) is 0 Å². The topological polar surface area (TPSA) is 111 Å². The minimum atomic E-state index is -4.63. The second-order valence-electron chi connectivity index (χ2n) is 17.8. The summed E-state index contributed by atoms with van der Waals surface area (Å²) in [7, 11) is 1.17. The summed E-state index contributed by atoms with van der Waals surface area (Å²) in [6, 6.07) is 0. The van der Waals surface area contributed by atoms with Crippen molar-refractivity contribution in [3.8, 4) is 0 Å². The summed E-state index contributed by atoms with van der Waals surface area (Å²) in [6.45, 7) is 4.23. The molecule has 0 aliphatic heterocycles. The number of carbonyl (C=O) groups is 2. The molecule has 0 fully saturated rings. The van der Waals surface area contributed by atoms with Crippen molar-refractivity contribution < 1.29 is 42.1 Å². The lowest BCUT2D eigenvalue weighted by Crippen LogP contribution is -2.37. The summed E-state index contributed by atoms with van der Waals surface area (Å²) in [5.74, 6) is -0.833. The van der Waals surface area contributed by atoms with Crippen molar-refractivity contribution in [2.75, 3.05) is 47.5 Å². The van der Waals surface area contributed by atoms with Gasteiger partial charge in [0.15, 0.2) is 6.10 Å². The van der Waals surface area contributed by atoms with Crippen LogP contribution in [0.1, 0.15) is 226 Å². The second-order valence-corrected chi connectivity index (χ2v) is 19.2. The Hall–Kier alpha value is -1.51. The molecule has 2 atom stereocenters. The number of esters is 2. The Morgan fingerprint density at radius 2 is 0.915 bits per heavy atom. The zero-order chi connectivity index (χ0) is 43.6. The van der Waals surface area contributed by atoms with Gasteiger partial charge in [-0.05, 0) is 44.9 Å². The lowest BCUT2D eigenvalue weighted by Gasteiger charge is -2.28. The Bertz CT molecular complexity index is 1060. The molecule has 0 amide bonds. The van der Waals surface area contributed by atoms with Crippen LogP contribution < -0.4 is 4.89 Å². The van der Waals surface area contributed by atoms with Gasteiger partial charge >= 0.3 is 11.9 Å². The minimum Gasteiger partial charge on any atom is -0.756 e. The summed E-state index contributed by atoms with van der Waals surface area (Å²) < 4.78 is 34.0. The number of phosphoric ester groups is 1. The van der Waals surface area contributed by atoms with Gasteiger partial charge < -0.3 is 27.9 Å². The van der Waals surface area contributed by atoms with E-state index >= 15 is 0 Å². The smallest absolute Gasteiger partial charge is 0.306 e. The molecule has 9 nitrogen and oxygen atoms in total. The number of nitrogens with zero attached hydrogens (tertiary/aromatic N) is 1. The molecule has 0 saturated carbocycles. The summed E-state index contributed by atoms with van der Waals surface area (Å²) in [5, 5.41) is 0. The standard InChI is InChI=1S/C49H94NO8P/c1-6-8-10-12-14-16-18-20-22-24-26-28-30-32-34-36-38-40-42-49(52)58-47(46-57-59(53,54)56-44-43-50(3,4)5)45-55-48(51)41-39-37-35-33-31-29-27-25-23-21-19-17-15-13-11-9-7-2/h15,17,21,23,47H,6-14,16,18-20,22,24-46H2,1-5H3/b17-15-,23-21-/t47-/m1/s1. The minimum absolute atomic E-state index is 0.0300. The van der Waals surface area contributed by atoms with Crippen LogP contribution in [0, 0.1) is 0 Å². The Kier molecular flexibility index (Phi) is 40.8. The van der Waals surface area contributed by atoms with Crippen molar-refractivity contribution in [3.05, 3.63) is 24.3 Å². The van der Waals surface area contributed by atoms with Gasteiger partial charge in [-0.15, -0.1) is 0 Å². The molecule has 0 aliphatic carbocycles. The summed E-state index contributed by atoms with van der Waals surface area (Å²) in [5.41, 5.74) is 0. The number of likely N-dealkylation sites (N-methyl/N-ethyl adjacent to an activating group) is 1. The first-order valence-corrected chi connectivity index (χ1v) is 26.0. The number of hydrogen-bond donors (Lipinski definition) is 0. The zero-order valence-corrected chi connectivity index (χ0v) is 40.1. The molecule has 0 rings (SSSR count). The highest BCUT2D eigenvalue weighted by atomic mass is 31.2. The number of hydrogen-bond acceptors (Lipinski definition) is 8. The van der Waals surface area contributed by atoms with Gasteiger partial charge in [-0.1, -0.05) is 192 Å². The predicted octanol–water partition coefficient (Wildman–Crippen LogP) is 13.7. The molecule has 348 valence electrons. The van der Waals surface area contributed by atoms with E-state index in [0.29, 0.717) is 17.4 Å². The average molecular weight is 856 g/mol. The number of unbranched alkanes of at least 4 members (excludes halogenated alkanes) is 27. The lowest BCUT2D eigenvalue weighted by molar-refractivity contribution is -0.870. The fraction of sp³-hybridized carbons (Fsp3) is 0.878. The molecule has 0 saturated heterocycles. The highest BCUT2D eigenvalue weighted by Gasteiger charge is 2.21. The van der Waals surface area contributed by atoms with Crippen LogP contribution >= 0.6 is 7.82 Å². The van der Waals surface area contributed by atoms with Gasteiger partial charge in [0, 0.05) is 12.8 Å². The molecule has 59 heavy (non-hydrogen) atoms. The summed E-state index contributed by atoms with van der Waals surface area (Å²) in [6.07, 6.45) is 46.3. The van der Waals surface area contributed by atoms with E-state index in [-0.39, 0.29) is 32.0 Å². The van der Waals surface area contributed by atoms with Gasteiger partial charge in [-0.3, -0.25) is 14.2 Å². The number of ether oxygens (including phenoxy) is 2. The molecule has 0 heterocycles. The Labute approximate surface area is 364 Å². The van der Waals surface area contributed by atoms with Crippen LogP contribution in [0.15, 0.2) is 24.3 Å². The first kappa shape index (κ1) is 57.5. The van der Waals surface area contributed by atoms with E-state index in [4.69, 9.17) is 18.5 Å². The summed E-state index contributed by atoms with van der Waals surface area (Å²) >= 11 is 0. The van der Waals surface area contributed by atoms with Crippen molar-refractivity contribution in [1.29, 1.82) is 0 Å². The molecule has 0 aliphatic rings. The molecule has 10 heteroatoms. The van der Waals surface area contributed by atoms with Crippen LogP contribution in [0.2, 0.25) is 0 Å². The number of quaternary nitrogens is 1. The van der Waals surface area contributed by atoms with E-state index in [1.165, 1.54) is 141 Å². The van der Waals surface area contributed by atoms with Gasteiger partial charge in [-0.2, -0.15) is 0 Å². The number of carbonyl (C=O) groups excluding carboxylic acids is 2. The van der Waals surface area contributed by atoms with Gasteiger partial charge in [0.1, 0.15) is 19.8 Å². The predicted molar refractivity (Wildman–Crippen MR) is 245 cm³/mol. The number of allylic oxidation sites excluding steroid dienone is 4. The SMILES string of the molecule is CCCCC/C=C\C/C=C\CCCCCCCCCC(=O)OC[C@H](COP(=O)([O-])OCC[N+](C)(C)C)OC(=O)CCCCCCCCCCCCCCCCCCCC. The maximum Gasteiger partial charge on any atom is 0.306 e. The van der Waals surface area contributed by atoms with Crippen LogP contribution in [-0.2, 0) is 32.7 Å². The van der Waals surface area contributed by atoms with Crippen molar-refractivity contribution in [2.45, 2.75) is 232 Å². The van der Waals surface area contributed by atoms with Crippen LogP contribution in [0.25, 0.3) is 0 Å². The molecule has 0 aromatic heterocycles. The quantitative estimate of drug-likeness (QED) is 0.0196. The van der Waals surface area contributed by atoms with E-state index in [9.17, 15) is 19.0 Å². The molecule has 1 unspecified atom stereocenters. The molecular formula is C49H94NO8P. The van der Waals surface area contributed by atoms with Crippen LogP contribution in [0.4, 0.5) is 0 Å². The van der Waals surface area contributed by atoms with Crippen molar-refractivity contribution in [2.24, 2.45) is 0 Å². The van der Waals surface area contributed by atoms with Gasteiger partial charge in [-0.25, -0.2) is 0 Å². The molecular weight excluding hydrogens is 762 g/mol. The Balaban J connectivity index is 4.27. The third-order valence-electron chi connectivity index (χ3n) is 10.7. The molecule has 0 aromatic carbocycles. The zero-order valence-electron chi connectivity index (χ0n) is 39.2. The van der Waals surface area contributed by atoms with E-state index in [1.54, 1.807) is 0 Å². The van der Waals surface area contributed by atoms with Gasteiger partial charge in [0.2, 0.25) is 0 Å². The number of phosphoric acid groups is 1. The Morgan fingerprint density at radius 3 is 1.37 bits per heavy atom. The van der Waals surface area contributed by atoms with Crippen LogP contribution in [0.3, 0.4) is 0 Å². The maximum atomic E-state index is 12.7. The van der Waals surface area contributed by atoms with E-state index in [1.807, 2.05) is 21.1 Å². The molecule has 0 N–H and O–H groups in total. The molecule has 0 spiro atoms. The molecule has 0 aromatic rings. The molecule has 0 radical (unpaired) electrons. The van der Waals surface area contributed by atoms with E-state index in [0.717, 1.165) is 51.4 Å². The largest absolute Gasteiger partial charge is 0.756 e. The fourth-order valence-electron chi connectivity index (χ4n) is 6.86. The number of rotatable bonds is 45. The summed E-state index contributed by atoms with van der Waals surface area (Å²) in [4.78, 5) is 37.7. The lowest BCUT2D eigenvalue weighted by atomic mass is 10.0. The molecule has 0 bridgehead atoms. The second kappa shape index (κ2) is 41.8. The average Bonchev–Trinajstić information content (AvgIpc) is 3.19. The van der Waals surface area contributed by atoms with E-state index < -0.39 is 26.5 Å². The third-order valence-corrected chi connectivity index (χ3v) is 11.7. The highest BCUT2D eigenvalue weighted by Crippen LogP contribution is 2.38. The third kappa shape index (κ3) is 45.8. The monoisotopic (exact) mass is 856 g/mol. The first-order chi connectivity index (χ1) is 28.5. The normalized spacial score (nSPS) is 13.7. The fourth-order valence-corrected chi connectivity index (χ4v) is 7.59. The van der Waals surface area contributed by atoms with Crippen molar-refractivity contribution >= 4 is 19.8 Å². The van der Waals surface area contributed by atoms with Gasteiger partial charge in [0.25, 0.3) is 7.82 Å². The maximum absolute atomic E-state index is 12.7. The van der Waals surface area contributed by atoms with Crippen LogP contribution in [-0.4, -0.2) is 70.0 Å². The van der Waals surface area contributed by atoms with E-state index in [2.05, 4.69) is 38.2 Å². The highest BCUT2D eigenvalue weighted by molar-refractivity contribution is 7.45. The Morgan fingerprint density at radius 1 is 0.525 bits per heavy atom. The van der Waals surface area contributed by atoms with Gasteiger partial charge in [0.05, 0.1) is 27.7 Å². The van der Waals surface area contributed by atoms with Crippen molar-refractivity contribution in [1.82, 2.24) is 0 Å².